The van der Waals surface area contributed by atoms with E-state index in [0.29, 0.717) is 5.13 Å². The van der Waals surface area contributed by atoms with Crippen LogP contribution in [0.4, 0.5) is 10.8 Å². The average Bonchev–Trinajstić information content (AvgIpc) is 3.36. The van der Waals surface area contributed by atoms with E-state index in [1.54, 1.807) is 4.90 Å². The first kappa shape index (κ1) is 22.0. The number of aromatic nitrogens is 3. The summed E-state index contributed by atoms with van der Waals surface area (Å²) in [6, 6.07) is 16.5. The third kappa shape index (κ3) is 4.22. The van der Waals surface area contributed by atoms with E-state index in [1.807, 2.05) is 56.3 Å². The van der Waals surface area contributed by atoms with Crippen molar-refractivity contribution in [2.45, 2.75) is 39.3 Å². The molecule has 3 heterocycles. The predicted molar refractivity (Wildman–Crippen MR) is 133 cm³/mol. The van der Waals surface area contributed by atoms with Gasteiger partial charge in [-0.15, -0.1) is 0 Å². The van der Waals surface area contributed by atoms with Gasteiger partial charge in [0.2, 0.25) is 5.91 Å². The van der Waals surface area contributed by atoms with Gasteiger partial charge in [0.05, 0.1) is 16.8 Å². The number of anilines is 2. The summed E-state index contributed by atoms with van der Waals surface area (Å²) in [4.78, 5) is 44.2. The predicted octanol–water partition coefficient (Wildman–Crippen LogP) is 3.78. The lowest BCUT2D eigenvalue weighted by atomic mass is 10.1. The summed E-state index contributed by atoms with van der Waals surface area (Å²) in [6.45, 7) is 4.05. The molecule has 8 nitrogen and oxygen atoms in total. The molecule has 9 heteroatoms. The molecule has 0 saturated heterocycles. The van der Waals surface area contributed by atoms with E-state index < -0.39 is 0 Å². The van der Waals surface area contributed by atoms with E-state index in [0.717, 1.165) is 33.5 Å². The number of rotatable bonds is 5. The zero-order valence-corrected chi connectivity index (χ0v) is 19.6. The topological polar surface area (TPSA) is 97.2 Å². The summed E-state index contributed by atoms with van der Waals surface area (Å²) in [6.07, 6.45) is 0.801. The molecule has 0 saturated carbocycles. The molecule has 0 spiro atoms. The Morgan fingerprint density at radius 1 is 1.15 bits per heavy atom. The van der Waals surface area contributed by atoms with Crippen LogP contribution >= 0.6 is 11.3 Å². The summed E-state index contributed by atoms with van der Waals surface area (Å²) in [7, 11) is 0. The van der Waals surface area contributed by atoms with E-state index in [2.05, 4.69) is 15.4 Å². The number of fused-ring (bicyclic) bond motifs is 2. The third-order valence-corrected chi connectivity index (χ3v) is 6.79. The molecular formula is C25H23N5O3S. The zero-order chi connectivity index (χ0) is 23.8. The molecule has 5 rings (SSSR count). The third-order valence-electron chi connectivity index (χ3n) is 5.85. The molecule has 0 bridgehead atoms. The Morgan fingerprint density at radius 2 is 1.97 bits per heavy atom. The van der Waals surface area contributed by atoms with Gasteiger partial charge in [-0.2, -0.15) is 5.10 Å². The summed E-state index contributed by atoms with van der Waals surface area (Å²) in [5, 5.41) is 7.57. The van der Waals surface area contributed by atoms with Crippen LogP contribution in [0.1, 0.15) is 35.0 Å². The number of carbonyl (C=O) groups is 2. The molecule has 2 aromatic heterocycles. The quantitative estimate of drug-likeness (QED) is 0.476. The number of carbonyl (C=O) groups excluding carboxylic acids is 2. The molecule has 1 N–H and O–H groups in total. The van der Waals surface area contributed by atoms with E-state index in [4.69, 9.17) is 0 Å². The van der Waals surface area contributed by atoms with Crippen LogP contribution in [0.2, 0.25) is 0 Å². The summed E-state index contributed by atoms with van der Waals surface area (Å²) >= 11 is 1.40. The Hall–Kier alpha value is -3.85. The molecule has 0 unspecified atom stereocenters. The van der Waals surface area contributed by atoms with E-state index in [1.165, 1.54) is 28.2 Å². The number of aryl methyl sites for hydroxylation is 2. The van der Waals surface area contributed by atoms with Crippen LogP contribution in [-0.4, -0.2) is 32.6 Å². The van der Waals surface area contributed by atoms with Crippen LogP contribution in [0, 0.1) is 6.92 Å². The minimum atomic E-state index is -0.366. The highest BCUT2D eigenvalue weighted by atomic mass is 32.1. The van der Waals surface area contributed by atoms with Crippen molar-refractivity contribution in [3.05, 3.63) is 81.8 Å². The number of benzene rings is 2. The Kier molecular flexibility index (Phi) is 5.70. The number of hydrogen-bond acceptors (Lipinski definition) is 6. The van der Waals surface area contributed by atoms with Crippen LogP contribution < -0.4 is 15.8 Å². The molecule has 1 aliphatic heterocycles. The maximum Gasteiger partial charge on any atom is 0.278 e. The minimum Gasteiger partial charge on any atom is -0.304 e. The van der Waals surface area contributed by atoms with Gasteiger partial charge in [-0.05, 0) is 55.7 Å². The van der Waals surface area contributed by atoms with E-state index >= 15 is 0 Å². The molecule has 1 atom stereocenters. The molecular weight excluding hydrogens is 450 g/mol. The van der Waals surface area contributed by atoms with Crippen LogP contribution in [0.5, 0.6) is 0 Å². The number of hydrogen-bond donors (Lipinski definition) is 1. The smallest absolute Gasteiger partial charge is 0.278 e. The first-order valence-electron chi connectivity index (χ1n) is 11.1. The van der Waals surface area contributed by atoms with Gasteiger partial charge < -0.3 is 10.2 Å². The first-order valence-corrected chi connectivity index (χ1v) is 11.9. The van der Waals surface area contributed by atoms with Crippen LogP contribution in [0.3, 0.4) is 0 Å². The molecule has 0 aliphatic carbocycles. The monoisotopic (exact) mass is 473 g/mol. The van der Waals surface area contributed by atoms with Gasteiger partial charge in [-0.25, -0.2) is 9.67 Å². The first-order chi connectivity index (χ1) is 16.4. The second-order valence-electron chi connectivity index (χ2n) is 8.43. The van der Waals surface area contributed by atoms with Crippen molar-refractivity contribution in [2.24, 2.45) is 0 Å². The van der Waals surface area contributed by atoms with Gasteiger partial charge in [0.25, 0.3) is 11.5 Å². The fraction of sp³-hybridized carbons (Fsp3) is 0.240. The Bertz CT molecular complexity index is 1470. The Balaban J connectivity index is 1.29. The average molecular weight is 474 g/mol. The van der Waals surface area contributed by atoms with Crippen LogP contribution in [-0.2, 0) is 17.8 Å². The van der Waals surface area contributed by atoms with Gasteiger partial charge in [-0.3, -0.25) is 14.4 Å². The molecule has 2 aromatic carbocycles. The lowest BCUT2D eigenvalue weighted by Crippen LogP contribution is -2.37. The van der Waals surface area contributed by atoms with Gasteiger partial charge in [-0.1, -0.05) is 35.6 Å². The molecule has 172 valence electrons. The zero-order valence-electron chi connectivity index (χ0n) is 18.8. The highest BCUT2D eigenvalue weighted by Crippen LogP contribution is 2.32. The number of nitrogens with one attached hydrogen (secondary N) is 1. The van der Waals surface area contributed by atoms with Crippen molar-refractivity contribution in [3.8, 4) is 0 Å². The SMILES string of the molecule is Cc1ccc2nc(NC(=O)CCn3nc(C(=O)N4c5ccccc5C[C@H]4C)ccc3=O)sc2c1. The summed E-state index contributed by atoms with van der Waals surface area (Å²) < 4.78 is 2.17. The van der Waals surface area contributed by atoms with Crippen LogP contribution in [0.25, 0.3) is 10.2 Å². The number of nitrogens with zero attached hydrogens (tertiary/aromatic N) is 4. The molecule has 4 aromatic rings. The van der Waals surface area contributed by atoms with Crippen molar-refractivity contribution in [2.75, 3.05) is 10.2 Å². The van der Waals surface area contributed by atoms with Crippen molar-refractivity contribution in [1.29, 1.82) is 0 Å². The minimum absolute atomic E-state index is 0.00421. The number of amides is 2. The lowest BCUT2D eigenvalue weighted by Gasteiger charge is -2.22. The summed E-state index contributed by atoms with van der Waals surface area (Å²) in [5.41, 5.74) is 3.73. The van der Waals surface area contributed by atoms with Gasteiger partial charge in [0.15, 0.2) is 5.13 Å². The van der Waals surface area contributed by atoms with Gasteiger partial charge in [0.1, 0.15) is 5.69 Å². The molecule has 34 heavy (non-hydrogen) atoms. The molecule has 0 fully saturated rings. The Labute approximate surface area is 199 Å². The van der Waals surface area contributed by atoms with E-state index in [-0.39, 0.29) is 42.1 Å². The van der Waals surface area contributed by atoms with Crippen molar-refractivity contribution < 1.29 is 9.59 Å². The largest absolute Gasteiger partial charge is 0.304 e. The number of para-hydroxylation sites is 1. The van der Waals surface area contributed by atoms with Crippen molar-refractivity contribution >= 4 is 44.2 Å². The fourth-order valence-corrected chi connectivity index (χ4v) is 5.18. The normalized spacial score (nSPS) is 14.9. The molecule has 2 amide bonds. The van der Waals surface area contributed by atoms with E-state index in [9.17, 15) is 14.4 Å². The maximum absolute atomic E-state index is 13.2. The number of thiazole rings is 1. The fourth-order valence-electron chi connectivity index (χ4n) is 4.20. The molecule has 1 aliphatic rings. The molecule has 0 radical (unpaired) electrons. The van der Waals surface area contributed by atoms with Crippen LogP contribution in [0.15, 0.2) is 59.4 Å². The second kappa shape index (κ2) is 8.83. The van der Waals surface area contributed by atoms with Gasteiger partial charge in [0, 0.05) is 24.2 Å². The second-order valence-corrected chi connectivity index (χ2v) is 9.46. The highest BCUT2D eigenvalue weighted by Gasteiger charge is 2.32. The highest BCUT2D eigenvalue weighted by molar-refractivity contribution is 7.22. The maximum atomic E-state index is 13.2. The van der Waals surface area contributed by atoms with Crippen molar-refractivity contribution in [3.63, 3.8) is 0 Å². The standard InChI is InChI=1S/C25H23N5O3S/c1-15-7-8-18-21(13-15)34-25(26-18)27-22(31)11-12-29-23(32)10-9-19(28-29)24(33)30-16(2)14-17-5-3-4-6-20(17)30/h3-10,13,16H,11-12,14H2,1-2H3,(H,26,27,31)/t16-/m1/s1. The lowest BCUT2D eigenvalue weighted by molar-refractivity contribution is -0.116. The Morgan fingerprint density at radius 3 is 2.82 bits per heavy atom. The van der Waals surface area contributed by atoms with Crippen molar-refractivity contribution in [1.82, 2.24) is 14.8 Å². The summed E-state index contributed by atoms with van der Waals surface area (Å²) in [5.74, 6) is -0.538. The van der Waals surface area contributed by atoms with Gasteiger partial charge >= 0.3 is 0 Å².